The van der Waals surface area contributed by atoms with Crippen molar-refractivity contribution in [3.63, 3.8) is 0 Å². The van der Waals surface area contributed by atoms with Crippen LogP contribution < -0.4 is 5.32 Å². The number of carbonyl (C=O) groups excluding carboxylic acids is 1. The van der Waals surface area contributed by atoms with Crippen molar-refractivity contribution in [3.8, 4) is 0 Å². The monoisotopic (exact) mass is 248 g/mol. The molecular weight excluding hydrogens is 228 g/mol. The minimum Gasteiger partial charge on any atom is -0.464 e. The predicted octanol–water partition coefficient (Wildman–Crippen LogP) is 2.71. The SMILES string of the molecule is CNC(=O)N(Cc1ccc([C@@H]2C[C@@H]2C)o1)C1CC1. The predicted molar refractivity (Wildman–Crippen MR) is 68.3 cm³/mol. The molecule has 0 radical (unpaired) electrons. The second kappa shape index (κ2) is 4.34. The van der Waals surface area contributed by atoms with Crippen LogP contribution in [0.5, 0.6) is 0 Å². The number of carbonyl (C=O) groups is 1. The van der Waals surface area contributed by atoms with Gasteiger partial charge >= 0.3 is 6.03 Å². The van der Waals surface area contributed by atoms with Crippen LogP contribution >= 0.6 is 0 Å². The molecule has 98 valence electrons. The average molecular weight is 248 g/mol. The Morgan fingerprint density at radius 3 is 2.78 bits per heavy atom. The van der Waals surface area contributed by atoms with Gasteiger partial charge in [-0.15, -0.1) is 0 Å². The van der Waals surface area contributed by atoms with Crippen LogP contribution in [0.3, 0.4) is 0 Å². The first kappa shape index (κ1) is 11.6. The van der Waals surface area contributed by atoms with Crippen LogP contribution in [0.15, 0.2) is 16.5 Å². The van der Waals surface area contributed by atoms with E-state index < -0.39 is 0 Å². The number of amides is 2. The summed E-state index contributed by atoms with van der Waals surface area (Å²) >= 11 is 0. The molecule has 2 atom stereocenters. The molecule has 4 heteroatoms. The highest BCUT2D eigenvalue weighted by atomic mass is 16.3. The molecular formula is C14H20N2O2. The number of hydrogen-bond acceptors (Lipinski definition) is 2. The molecule has 2 fully saturated rings. The van der Waals surface area contributed by atoms with Gasteiger partial charge in [0.05, 0.1) is 6.54 Å². The lowest BCUT2D eigenvalue weighted by molar-refractivity contribution is 0.188. The van der Waals surface area contributed by atoms with Gasteiger partial charge in [0.1, 0.15) is 11.5 Å². The largest absolute Gasteiger partial charge is 0.464 e. The quantitative estimate of drug-likeness (QED) is 0.890. The van der Waals surface area contributed by atoms with E-state index in [4.69, 9.17) is 4.42 Å². The average Bonchev–Trinajstić information content (AvgIpc) is 3.28. The zero-order valence-corrected chi connectivity index (χ0v) is 11.0. The van der Waals surface area contributed by atoms with E-state index in [9.17, 15) is 4.79 Å². The molecule has 0 unspecified atom stereocenters. The van der Waals surface area contributed by atoms with Crippen LogP contribution in [0.25, 0.3) is 0 Å². The summed E-state index contributed by atoms with van der Waals surface area (Å²) in [5.74, 6) is 3.35. The second-order valence-electron chi connectivity index (χ2n) is 5.54. The summed E-state index contributed by atoms with van der Waals surface area (Å²) in [6, 6.07) is 4.48. The fraction of sp³-hybridized carbons (Fsp3) is 0.643. The summed E-state index contributed by atoms with van der Waals surface area (Å²) < 4.78 is 5.86. The van der Waals surface area contributed by atoms with Crippen LogP contribution in [0, 0.1) is 5.92 Å². The third kappa shape index (κ3) is 2.24. The Bertz CT molecular complexity index is 450. The molecule has 4 nitrogen and oxygen atoms in total. The van der Waals surface area contributed by atoms with E-state index in [1.165, 1.54) is 6.42 Å². The van der Waals surface area contributed by atoms with Crippen LogP contribution in [0.4, 0.5) is 4.79 Å². The highest BCUT2D eigenvalue weighted by Gasteiger charge is 2.37. The number of nitrogens with zero attached hydrogens (tertiary/aromatic N) is 1. The number of rotatable bonds is 4. The van der Waals surface area contributed by atoms with Crippen molar-refractivity contribution in [1.82, 2.24) is 10.2 Å². The van der Waals surface area contributed by atoms with Crippen LogP contribution in [0.2, 0.25) is 0 Å². The molecule has 0 spiro atoms. The maximum atomic E-state index is 11.8. The summed E-state index contributed by atoms with van der Waals surface area (Å²) in [6.07, 6.45) is 3.45. The van der Waals surface area contributed by atoms with E-state index in [-0.39, 0.29) is 6.03 Å². The van der Waals surface area contributed by atoms with Crippen LogP contribution in [0.1, 0.15) is 43.6 Å². The number of nitrogens with one attached hydrogen (secondary N) is 1. The van der Waals surface area contributed by atoms with Gasteiger partial charge in [0.2, 0.25) is 0 Å². The van der Waals surface area contributed by atoms with Crippen molar-refractivity contribution in [2.75, 3.05) is 7.05 Å². The summed E-state index contributed by atoms with van der Waals surface area (Å²) in [5.41, 5.74) is 0. The fourth-order valence-corrected chi connectivity index (χ4v) is 2.46. The second-order valence-corrected chi connectivity index (χ2v) is 5.54. The molecule has 0 saturated heterocycles. The van der Waals surface area contributed by atoms with Gasteiger partial charge in [-0.1, -0.05) is 6.92 Å². The topological polar surface area (TPSA) is 45.5 Å². The Morgan fingerprint density at radius 1 is 1.50 bits per heavy atom. The maximum absolute atomic E-state index is 11.8. The third-order valence-corrected chi connectivity index (χ3v) is 3.95. The van der Waals surface area contributed by atoms with E-state index >= 15 is 0 Å². The van der Waals surface area contributed by atoms with Gasteiger partial charge in [0.15, 0.2) is 0 Å². The summed E-state index contributed by atoms with van der Waals surface area (Å²) in [4.78, 5) is 13.6. The molecule has 2 aliphatic rings. The smallest absolute Gasteiger partial charge is 0.317 e. The molecule has 1 aromatic heterocycles. The first-order valence-electron chi connectivity index (χ1n) is 6.76. The summed E-state index contributed by atoms with van der Waals surface area (Å²) in [6.45, 7) is 2.83. The first-order valence-corrected chi connectivity index (χ1v) is 6.76. The Morgan fingerprint density at radius 2 is 2.22 bits per heavy atom. The molecule has 0 bridgehead atoms. The van der Waals surface area contributed by atoms with Gasteiger partial charge in [-0.25, -0.2) is 4.79 Å². The van der Waals surface area contributed by atoms with Crippen molar-refractivity contribution < 1.29 is 9.21 Å². The Kier molecular flexibility index (Phi) is 2.80. The molecule has 1 heterocycles. The van der Waals surface area contributed by atoms with E-state index in [1.54, 1.807) is 7.05 Å². The number of urea groups is 1. The molecule has 2 amide bonds. The van der Waals surface area contributed by atoms with E-state index in [0.29, 0.717) is 18.5 Å². The highest BCUT2D eigenvalue weighted by Crippen LogP contribution is 2.47. The Balaban J connectivity index is 1.66. The minimum absolute atomic E-state index is 0.00441. The van der Waals surface area contributed by atoms with Gasteiger partial charge in [0.25, 0.3) is 0 Å². The number of hydrogen-bond donors (Lipinski definition) is 1. The zero-order valence-electron chi connectivity index (χ0n) is 11.0. The van der Waals surface area contributed by atoms with Crippen molar-refractivity contribution >= 4 is 6.03 Å². The summed E-state index contributed by atoms with van der Waals surface area (Å²) in [7, 11) is 1.68. The normalized spacial score (nSPS) is 25.9. The molecule has 0 aromatic carbocycles. The fourth-order valence-electron chi connectivity index (χ4n) is 2.46. The first-order chi connectivity index (χ1) is 8.69. The Labute approximate surface area is 107 Å². The number of furan rings is 1. The molecule has 1 N–H and O–H groups in total. The zero-order chi connectivity index (χ0) is 12.7. The van der Waals surface area contributed by atoms with Gasteiger partial charge < -0.3 is 14.6 Å². The maximum Gasteiger partial charge on any atom is 0.317 e. The molecule has 2 aliphatic carbocycles. The lowest BCUT2D eigenvalue weighted by Gasteiger charge is -2.20. The van der Waals surface area contributed by atoms with E-state index in [2.05, 4.69) is 18.3 Å². The van der Waals surface area contributed by atoms with Gasteiger partial charge in [0, 0.05) is 19.0 Å². The van der Waals surface area contributed by atoms with Gasteiger partial charge in [-0.3, -0.25) is 0 Å². The highest BCUT2D eigenvalue weighted by molar-refractivity contribution is 5.74. The van der Waals surface area contributed by atoms with Gasteiger partial charge in [-0.2, -0.15) is 0 Å². The standard InChI is InChI=1S/C14H20N2O2/c1-9-7-12(9)13-6-5-11(18-13)8-16(10-3-4-10)14(17)15-2/h5-6,9-10,12H,3-4,7-8H2,1-2H3,(H,15,17)/t9-,12+/m0/s1. The van der Waals surface area contributed by atoms with Gasteiger partial charge in [-0.05, 0) is 37.3 Å². The van der Waals surface area contributed by atoms with E-state index in [0.717, 1.165) is 30.3 Å². The third-order valence-electron chi connectivity index (χ3n) is 3.95. The Hall–Kier alpha value is -1.45. The van der Waals surface area contributed by atoms with Crippen LogP contribution in [-0.4, -0.2) is 24.0 Å². The molecule has 3 rings (SSSR count). The lowest BCUT2D eigenvalue weighted by Crippen LogP contribution is -2.38. The van der Waals surface area contributed by atoms with Crippen molar-refractivity contribution in [2.24, 2.45) is 5.92 Å². The van der Waals surface area contributed by atoms with Crippen molar-refractivity contribution in [3.05, 3.63) is 23.7 Å². The minimum atomic E-state index is -0.00441. The van der Waals surface area contributed by atoms with Crippen molar-refractivity contribution in [1.29, 1.82) is 0 Å². The molecule has 0 aliphatic heterocycles. The van der Waals surface area contributed by atoms with Crippen LogP contribution in [-0.2, 0) is 6.54 Å². The lowest BCUT2D eigenvalue weighted by atomic mass is 10.3. The molecule has 1 aromatic rings. The molecule has 2 saturated carbocycles. The van der Waals surface area contributed by atoms with Crippen molar-refractivity contribution in [2.45, 2.75) is 44.7 Å². The van der Waals surface area contributed by atoms with E-state index in [1.807, 2.05) is 11.0 Å². The molecule has 18 heavy (non-hydrogen) atoms. The summed E-state index contributed by atoms with van der Waals surface area (Å²) in [5, 5.41) is 2.70.